The Labute approximate surface area is 206 Å². The van der Waals surface area contributed by atoms with Crippen LogP contribution in [0.5, 0.6) is 5.75 Å². The molecule has 2 aromatic carbocycles. The molecule has 0 aliphatic carbocycles. The molecule has 170 valence electrons. The van der Waals surface area contributed by atoms with Gasteiger partial charge in [-0.25, -0.2) is 4.99 Å². The van der Waals surface area contributed by atoms with Crippen molar-refractivity contribution in [2.75, 3.05) is 19.8 Å². The predicted molar refractivity (Wildman–Crippen MR) is 140 cm³/mol. The van der Waals surface area contributed by atoms with Gasteiger partial charge in [0.15, 0.2) is 5.96 Å². The Balaban J connectivity index is 0.00000289. The topological polar surface area (TPSA) is 67.8 Å². The summed E-state index contributed by atoms with van der Waals surface area (Å²) in [6, 6.07) is 16.5. The number of hydrogen-bond donors (Lipinski definition) is 2. The first kappa shape index (κ1) is 24.3. The molecule has 0 radical (unpaired) electrons. The van der Waals surface area contributed by atoms with Gasteiger partial charge in [0.1, 0.15) is 11.9 Å². The normalized spacial score (nSPS) is 15.9. The first-order valence-electron chi connectivity index (χ1n) is 10.9. The lowest BCUT2D eigenvalue weighted by molar-refractivity contribution is 0.140. The molecule has 2 N–H and O–H groups in total. The summed E-state index contributed by atoms with van der Waals surface area (Å²) in [6.45, 7) is 7.57. The lowest BCUT2D eigenvalue weighted by atomic mass is 10.1. The van der Waals surface area contributed by atoms with Crippen molar-refractivity contribution >= 4 is 40.8 Å². The number of aliphatic imine (C=N–C) groups is 1. The Kier molecular flexibility index (Phi) is 9.11. The molecular weight excluding hydrogens is 515 g/mol. The van der Waals surface area contributed by atoms with E-state index in [2.05, 4.69) is 59.8 Å². The van der Waals surface area contributed by atoms with Crippen molar-refractivity contribution in [2.24, 2.45) is 4.99 Å². The second-order valence-electron chi connectivity index (χ2n) is 7.75. The molecule has 6 nitrogen and oxygen atoms in total. The number of nitrogens with one attached hydrogen (secondary N) is 2. The summed E-state index contributed by atoms with van der Waals surface area (Å²) in [5, 5.41) is 7.95. The molecule has 2 heterocycles. The van der Waals surface area contributed by atoms with Crippen molar-refractivity contribution in [3.8, 4) is 5.75 Å². The van der Waals surface area contributed by atoms with Gasteiger partial charge >= 0.3 is 0 Å². The summed E-state index contributed by atoms with van der Waals surface area (Å²) in [7, 11) is 0. The first-order valence-corrected chi connectivity index (χ1v) is 10.9. The minimum Gasteiger partial charge on any atom is -0.488 e. The molecule has 0 spiro atoms. The van der Waals surface area contributed by atoms with Gasteiger partial charge in [0.05, 0.1) is 25.3 Å². The number of aromatic nitrogens is 1. The van der Waals surface area contributed by atoms with Crippen molar-refractivity contribution in [3.63, 3.8) is 0 Å². The number of rotatable bonds is 7. The second kappa shape index (κ2) is 12.0. The van der Waals surface area contributed by atoms with Crippen LogP contribution in [-0.2, 0) is 17.8 Å². The van der Waals surface area contributed by atoms with E-state index in [0.717, 1.165) is 47.7 Å². The molecular formula is C25H31IN4O2. The number of hydrogen-bond acceptors (Lipinski definition) is 4. The van der Waals surface area contributed by atoms with Crippen molar-refractivity contribution < 1.29 is 9.47 Å². The highest BCUT2D eigenvalue weighted by molar-refractivity contribution is 14.0. The fraction of sp³-hybridized carbons (Fsp3) is 0.360. The summed E-state index contributed by atoms with van der Waals surface area (Å²) in [5.74, 6) is 1.68. The zero-order chi connectivity index (χ0) is 21.5. The maximum atomic E-state index is 6.22. The highest BCUT2D eigenvalue weighted by atomic mass is 127. The number of nitrogens with zero attached hydrogens (tertiary/aromatic N) is 2. The Bertz CT molecular complexity index is 1050. The molecule has 1 aliphatic rings. The number of halogens is 1. The van der Waals surface area contributed by atoms with Gasteiger partial charge in [-0.2, -0.15) is 0 Å². The standard InChI is InChI=1S/C25H30N4O2.HI/c1-3-26-25(28-15-19-10-12-27-23-7-5-4-6-22(19)23)29-16-20-9-8-18(2)14-24(20)31-21-11-13-30-17-21;/h4-10,12,14,21H,3,11,13,15-17H2,1-2H3,(H2,26,28,29);1H. The van der Waals surface area contributed by atoms with E-state index in [1.165, 1.54) is 11.1 Å². The fourth-order valence-electron chi connectivity index (χ4n) is 3.68. The number of guanidine groups is 1. The third-order valence-electron chi connectivity index (χ3n) is 5.34. The fourth-order valence-corrected chi connectivity index (χ4v) is 3.68. The van der Waals surface area contributed by atoms with Crippen LogP contribution in [0, 0.1) is 6.92 Å². The van der Waals surface area contributed by atoms with E-state index in [0.29, 0.717) is 19.7 Å². The van der Waals surface area contributed by atoms with E-state index >= 15 is 0 Å². The van der Waals surface area contributed by atoms with Gasteiger partial charge in [-0.05, 0) is 43.2 Å². The van der Waals surface area contributed by atoms with Crippen LogP contribution in [0.3, 0.4) is 0 Å². The molecule has 3 aromatic rings. The zero-order valence-electron chi connectivity index (χ0n) is 18.6. The minimum atomic E-state index is 0. The van der Waals surface area contributed by atoms with Gasteiger partial charge in [-0.3, -0.25) is 4.98 Å². The van der Waals surface area contributed by atoms with Crippen molar-refractivity contribution in [2.45, 2.75) is 39.5 Å². The molecule has 7 heteroatoms. The van der Waals surface area contributed by atoms with Crippen LogP contribution >= 0.6 is 24.0 Å². The third kappa shape index (κ3) is 6.32. The number of pyridine rings is 1. The summed E-state index contributed by atoms with van der Waals surface area (Å²) in [6.07, 6.45) is 2.91. The Morgan fingerprint density at radius 1 is 1.16 bits per heavy atom. The largest absolute Gasteiger partial charge is 0.488 e. The second-order valence-corrected chi connectivity index (χ2v) is 7.75. The van der Waals surface area contributed by atoms with Gasteiger partial charge in [0.2, 0.25) is 0 Å². The molecule has 0 bridgehead atoms. The molecule has 1 aromatic heterocycles. The number of ether oxygens (including phenoxy) is 2. The molecule has 1 aliphatic heterocycles. The zero-order valence-corrected chi connectivity index (χ0v) is 21.0. The molecule has 0 saturated carbocycles. The van der Waals surface area contributed by atoms with Crippen LogP contribution in [0.1, 0.15) is 30.0 Å². The molecule has 1 saturated heterocycles. The van der Waals surface area contributed by atoms with Gasteiger partial charge in [-0.15, -0.1) is 24.0 Å². The van der Waals surface area contributed by atoms with Gasteiger partial charge in [0.25, 0.3) is 0 Å². The van der Waals surface area contributed by atoms with Crippen LogP contribution in [-0.4, -0.2) is 36.8 Å². The van der Waals surface area contributed by atoms with Crippen LogP contribution in [0.2, 0.25) is 0 Å². The lowest BCUT2D eigenvalue weighted by Crippen LogP contribution is -2.36. The van der Waals surface area contributed by atoms with Gasteiger partial charge in [0, 0.05) is 36.7 Å². The number of para-hydroxylation sites is 1. The molecule has 1 atom stereocenters. The number of aryl methyl sites for hydroxylation is 1. The average Bonchev–Trinajstić information content (AvgIpc) is 3.30. The average molecular weight is 546 g/mol. The van der Waals surface area contributed by atoms with E-state index < -0.39 is 0 Å². The molecule has 4 rings (SSSR count). The molecule has 0 amide bonds. The monoisotopic (exact) mass is 546 g/mol. The highest BCUT2D eigenvalue weighted by Crippen LogP contribution is 2.24. The van der Waals surface area contributed by atoms with Crippen molar-refractivity contribution in [1.29, 1.82) is 0 Å². The lowest BCUT2D eigenvalue weighted by Gasteiger charge is -2.16. The summed E-state index contributed by atoms with van der Waals surface area (Å²) in [4.78, 5) is 9.25. The molecule has 32 heavy (non-hydrogen) atoms. The summed E-state index contributed by atoms with van der Waals surface area (Å²) < 4.78 is 11.7. The Morgan fingerprint density at radius 2 is 2.03 bits per heavy atom. The Morgan fingerprint density at radius 3 is 2.84 bits per heavy atom. The van der Waals surface area contributed by atoms with E-state index in [-0.39, 0.29) is 30.1 Å². The van der Waals surface area contributed by atoms with Crippen LogP contribution in [0.4, 0.5) is 0 Å². The van der Waals surface area contributed by atoms with Crippen molar-refractivity contribution in [3.05, 3.63) is 71.4 Å². The minimum absolute atomic E-state index is 0. The SMILES string of the molecule is CCNC(=NCc1ccc(C)cc1OC1CCOC1)NCc1ccnc2ccccc12.I. The number of fused-ring (bicyclic) bond motifs is 1. The smallest absolute Gasteiger partial charge is 0.191 e. The number of benzene rings is 2. The third-order valence-corrected chi connectivity index (χ3v) is 5.34. The highest BCUT2D eigenvalue weighted by Gasteiger charge is 2.18. The maximum absolute atomic E-state index is 6.22. The van der Waals surface area contributed by atoms with E-state index in [9.17, 15) is 0 Å². The summed E-state index contributed by atoms with van der Waals surface area (Å²) >= 11 is 0. The predicted octanol–water partition coefficient (Wildman–Crippen LogP) is 4.58. The quantitative estimate of drug-likeness (QED) is 0.258. The van der Waals surface area contributed by atoms with Crippen LogP contribution < -0.4 is 15.4 Å². The van der Waals surface area contributed by atoms with E-state index in [1.54, 1.807) is 0 Å². The van der Waals surface area contributed by atoms with E-state index in [1.807, 2.05) is 24.4 Å². The van der Waals surface area contributed by atoms with Crippen LogP contribution in [0.15, 0.2) is 59.7 Å². The maximum Gasteiger partial charge on any atom is 0.191 e. The summed E-state index contributed by atoms with van der Waals surface area (Å²) in [5.41, 5.74) is 4.44. The first-order chi connectivity index (χ1) is 15.2. The molecule has 1 unspecified atom stereocenters. The molecule has 1 fully saturated rings. The van der Waals surface area contributed by atoms with Crippen molar-refractivity contribution in [1.82, 2.24) is 15.6 Å². The van der Waals surface area contributed by atoms with E-state index in [4.69, 9.17) is 14.5 Å². The Hall–Kier alpha value is -2.39. The van der Waals surface area contributed by atoms with Gasteiger partial charge in [-0.1, -0.05) is 30.3 Å². The van der Waals surface area contributed by atoms with Crippen LogP contribution in [0.25, 0.3) is 10.9 Å². The van der Waals surface area contributed by atoms with Gasteiger partial charge < -0.3 is 20.1 Å².